The van der Waals surface area contributed by atoms with Crippen LogP contribution in [0.2, 0.25) is 19.6 Å². The Hall–Kier alpha value is -4.15. The zero-order valence-electron chi connectivity index (χ0n) is 27.8. The van der Waals surface area contributed by atoms with Crippen molar-refractivity contribution in [2.45, 2.75) is 46.3 Å². The number of benzene rings is 4. The summed E-state index contributed by atoms with van der Waals surface area (Å²) in [5, 5.41) is 3.61. The van der Waals surface area contributed by atoms with E-state index in [9.17, 15) is 0 Å². The summed E-state index contributed by atoms with van der Waals surface area (Å²) >= 11 is 0. The predicted octanol–water partition coefficient (Wildman–Crippen LogP) is 11.0. The molecule has 3 heterocycles. The van der Waals surface area contributed by atoms with E-state index in [0.29, 0.717) is 11.8 Å². The molecule has 47 heavy (non-hydrogen) atoms. The summed E-state index contributed by atoms with van der Waals surface area (Å²) in [6.45, 7) is 13.8. The maximum Gasteiger partial charge on any atom is 0.121 e. The van der Waals surface area contributed by atoms with E-state index in [1.807, 2.05) is 48.8 Å². The second-order valence-corrected chi connectivity index (χ2v) is 18.3. The van der Waals surface area contributed by atoms with Gasteiger partial charge in [-0.3, -0.25) is 0 Å². The van der Waals surface area contributed by atoms with E-state index in [1.54, 1.807) is 0 Å². The molecule has 0 aliphatic rings. The van der Waals surface area contributed by atoms with E-state index in [2.05, 4.69) is 135 Å². The monoisotopic (exact) mass is 809 g/mol. The van der Waals surface area contributed by atoms with Crippen LogP contribution >= 0.6 is 0 Å². The molecule has 0 saturated carbocycles. The van der Waals surface area contributed by atoms with Crippen LogP contribution in [-0.4, -0.2) is 18.0 Å². The van der Waals surface area contributed by atoms with Crippen molar-refractivity contribution >= 4 is 35.2 Å². The third-order valence-electron chi connectivity index (χ3n) is 8.72. The fourth-order valence-electron chi connectivity index (χ4n) is 5.54. The van der Waals surface area contributed by atoms with E-state index >= 15 is 0 Å². The van der Waals surface area contributed by atoms with E-state index in [-0.39, 0.29) is 20.1 Å². The summed E-state index contributed by atoms with van der Waals surface area (Å²) in [4.78, 5) is 9.16. The molecule has 0 aliphatic heterocycles. The molecule has 1 radical (unpaired) electrons. The normalized spacial score (nSPS) is 12.0. The van der Waals surface area contributed by atoms with Crippen LogP contribution < -0.4 is 5.19 Å². The van der Waals surface area contributed by atoms with Crippen molar-refractivity contribution in [1.82, 2.24) is 9.97 Å². The van der Waals surface area contributed by atoms with Gasteiger partial charge in [0, 0.05) is 37.9 Å². The molecule has 0 bridgehead atoms. The smallest absolute Gasteiger partial charge is 0.121 e. The summed E-state index contributed by atoms with van der Waals surface area (Å²) < 4.78 is 6.38. The van der Waals surface area contributed by atoms with Gasteiger partial charge in [-0.25, -0.2) is 0 Å². The van der Waals surface area contributed by atoms with Crippen molar-refractivity contribution in [3.8, 4) is 33.6 Å². The zero-order chi connectivity index (χ0) is 32.3. The molecule has 3 nitrogen and oxygen atoms in total. The maximum absolute atomic E-state index is 6.38. The van der Waals surface area contributed by atoms with Crippen molar-refractivity contribution in [3.63, 3.8) is 0 Å². The Morgan fingerprint density at radius 1 is 0.681 bits per heavy atom. The van der Waals surface area contributed by atoms with Gasteiger partial charge in [-0.1, -0.05) is 118 Å². The largest absolute Gasteiger partial charge is 0.501 e. The van der Waals surface area contributed by atoms with Gasteiger partial charge in [0.25, 0.3) is 0 Å². The Morgan fingerprint density at radius 2 is 1.47 bits per heavy atom. The molecule has 4 aromatic carbocycles. The van der Waals surface area contributed by atoms with Crippen molar-refractivity contribution in [2.24, 2.45) is 5.92 Å². The average Bonchev–Trinajstić information content (AvgIpc) is 3.47. The summed E-state index contributed by atoms with van der Waals surface area (Å²) in [5.41, 5.74) is 9.26. The van der Waals surface area contributed by atoms with Crippen LogP contribution in [0.25, 0.3) is 55.6 Å². The van der Waals surface area contributed by atoms with Crippen LogP contribution in [0.5, 0.6) is 0 Å². The Balaban J connectivity index is 0.000000217. The minimum atomic E-state index is -1.23. The standard InChI is InChI=1S/C28H24NO.C14H16NSi.Ir/c1-18(2)19(3)21-14-15-29-26(16-21)25-11-7-10-24-23-13-12-22(17-27(23)30-28(24)25)20-8-5-4-6-9-20;1-16(2,3)13-9-10-14(15-11-13)12-7-5-4-6-8-12;/h4-10,12-19H,1-3H3;4-7,9-11H,1-3H3;/q2*-1;. The zero-order valence-corrected chi connectivity index (χ0v) is 31.2. The average molecular weight is 809 g/mol. The van der Waals surface area contributed by atoms with E-state index in [0.717, 1.165) is 50.0 Å². The number of fused-ring (bicyclic) bond motifs is 3. The van der Waals surface area contributed by atoms with Crippen LogP contribution in [0.1, 0.15) is 32.3 Å². The van der Waals surface area contributed by atoms with Crippen molar-refractivity contribution < 1.29 is 24.5 Å². The molecule has 1 unspecified atom stereocenters. The Bertz CT molecular complexity index is 2060. The fourth-order valence-corrected chi connectivity index (χ4v) is 6.58. The van der Waals surface area contributed by atoms with Gasteiger partial charge in [-0.15, -0.1) is 54.1 Å². The number of aromatic nitrogens is 2. The number of rotatable bonds is 6. The first-order valence-electron chi connectivity index (χ1n) is 16.0. The SMILES string of the molecule is CC(C)C(C)c1ccnc(-c2[c-]ccc3c2oc2cc(-c4ccccc4)ccc23)c1.C[Si](C)(C)c1ccc(-c2[c-]cccc2)nc1.[Ir]. The van der Waals surface area contributed by atoms with E-state index < -0.39 is 8.07 Å². The number of pyridine rings is 2. The molecule has 239 valence electrons. The molecule has 0 fully saturated rings. The van der Waals surface area contributed by atoms with Crippen molar-refractivity contribution in [2.75, 3.05) is 0 Å². The molecule has 0 amide bonds. The Labute approximate surface area is 293 Å². The van der Waals surface area contributed by atoms with Crippen molar-refractivity contribution in [3.05, 3.63) is 139 Å². The van der Waals surface area contributed by atoms with Crippen LogP contribution in [0.3, 0.4) is 0 Å². The molecule has 5 heteroatoms. The fraction of sp³-hybridized carbons (Fsp3) is 0.190. The molecule has 0 N–H and O–H groups in total. The Morgan fingerprint density at radius 3 is 2.15 bits per heavy atom. The molecule has 7 rings (SSSR count). The van der Waals surface area contributed by atoms with Crippen LogP contribution in [-0.2, 0) is 20.1 Å². The molecule has 0 saturated heterocycles. The van der Waals surface area contributed by atoms with Gasteiger partial charge in [-0.2, -0.15) is 0 Å². The van der Waals surface area contributed by atoms with Gasteiger partial charge in [-0.05, 0) is 51.7 Å². The first-order valence-corrected chi connectivity index (χ1v) is 19.5. The van der Waals surface area contributed by atoms with Crippen molar-refractivity contribution in [1.29, 1.82) is 0 Å². The van der Waals surface area contributed by atoms with Gasteiger partial charge >= 0.3 is 0 Å². The summed E-state index contributed by atoms with van der Waals surface area (Å²) in [6, 6.07) is 44.0. The maximum atomic E-state index is 6.38. The third-order valence-corrected chi connectivity index (χ3v) is 10.7. The second kappa shape index (κ2) is 14.7. The Kier molecular flexibility index (Phi) is 10.7. The first kappa shape index (κ1) is 34.2. The van der Waals surface area contributed by atoms with Gasteiger partial charge in [0.2, 0.25) is 0 Å². The van der Waals surface area contributed by atoms with E-state index in [4.69, 9.17) is 4.42 Å². The number of nitrogens with zero attached hydrogens (tertiary/aromatic N) is 2. The molecular formula is C42H40IrN2OSi-2. The van der Waals surface area contributed by atoms with Gasteiger partial charge in [0.05, 0.1) is 13.7 Å². The molecular weight excluding hydrogens is 769 g/mol. The second-order valence-electron chi connectivity index (χ2n) is 13.2. The van der Waals surface area contributed by atoms with Gasteiger partial charge < -0.3 is 14.4 Å². The van der Waals surface area contributed by atoms with Crippen LogP contribution in [0, 0.1) is 18.1 Å². The molecule has 1 atom stereocenters. The van der Waals surface area contributed by atoms with Gasteiger partial charge in [0.15, 0.2) is 0 Å². The molecule has 0 aliphatic carbocycles. The minimum absolute atomic E-state index is 0. The molecule has 7 aromatic rings. The number of furan rings is 1. The summed E-state index contributed by atoms with van der Waals surface area (Å²) in [5.74, 6) is 1.04. The minimum Gasteiger partial charge on any atom is -0.501 e. The van der Waals surface area contributed by atoms with E-state index in [1.165, 1.54) is 16.3 Å². The predicted molar refractivity (Wildman–Crippen MR) is 196 cm³/mol. The summed E-state index contributed by atoms with van der Waals surface area (Å²) in [7, 11) is -1.23. The number of hydrogen-bond acceptors (Lipinski definition) is 3. The molecule has 0 spiro atoms. The number of hydrogen-bond donors (Lipinski definition) is 0. The topological polar surface area (TPSA) is 38.9 Å². The molecule has 3 aromatic heterocycles. The van der Waals surface area contributed by atoms with Crippen LogP contribution in [0.4, 0.5) is 0 Å². The van der Waals surface area contributed by atoms with Crippen LogP contribution in [0.15, 0.2) is 126 Å². The first-order chi connectivity index (χ1) is 22.2. The quantitative estimate of drug-likeness (QED) is 0.124. The third kappa shape index (κ3) is 7.71. The van der Waals surface area contributed by atoms with Gasteiger partial charge in [0.1, 0.15) is 5.58 Å². The summed E-state index contributed by atoms with van der Waals surface area (Å²) in [6.07, 6.45) is 3.91.